The first-order chi connectivity index (χ1) is 11.1. The lowest BCUT2D eigenvalue weighted by Gasteiger charge is -2.11. The van der Waals surface area contributed by atoms with Gasteiger partial charge >= 0.3 is 6.03 Å². The molecule has 120 valence electrons. The molecule has 0 saturated heterocycles. The third kappa shape index (κ3) is 5.03. The quantitative estimate of drug-likeness (QED) is 0.762. The number of hydrogen-bond donors (Lipinski definition) is 3. The average Bonchev–Trinajstić information content (AvgIpc) is 2.55. The molecule has 0 bridgehead atoms. The van der Waals surface area contributed by atoms with Crippen LogP contribution in [-0.2, 0) is 17.8 Å². The van der Waals surface area contributed by atoms with Gasteiger partial charge in [0.1, 0.15) is 5.75 Å². The first kappa shape index (κ1) is 16.4. The molecule has 0 radical (unpaired) electrons. The second kappa shape index (κ2) is 7.84. The van der Waals surface area contributed by atoms with Gasteiger partial charge < -0.3 is 21.1 Å². The van der Waals surface area contributed by atoms with Gasteiger partial charge in [-0.05, 0) is 29.3 Å². The summed E-state index contributed by atoms with van der Waals surface area (Å²) in [7, 11) is 1.60. The number of primary amides is 1. The first-order valence-electron chi connectivity index (χ1n) is 7.12. The SMILES string of the molecule is COc1ccc(CNC(=O)Nc2ccccc2CC(N)=O)cc1. The maximum atomic E-state index is 12.0. The van der Waals surface area contributed by atoms with E-state index in [-0.39, 0.29) is 12.5 Å². The summed E-state index contributed by atoms with van der Waals surface area (Å²) in [5, 5.41) is 5.48. The smallest absolute Gasteiger partial charge is 0.319 e. The predicted octanol–water partition coefficient (Wildman–Crippen LogP) is 2.04. The molecular weight excluding hydrogens is 294 g/mol. The number of nitrogens with one attached hydrogen (secondary N) is 2. The summed E-state index contributed by atoms with van der Waals surface area (Å²) in [5.41, 5.74) is 7.40. The summed E-state index contributed by atoms with van der Waals surface area (Å²) in [6, 6.07) is 14.1. The molecule has 0 spiro atoms. The van der Waals surface area contributed by atoms with Gasteiger partial charge in [0.15, 0.2) is 0 Å². The Kier molecular flexibility index (Phi) is 5.57. The average molecular weight is 313 g/mol. The molecule has 0 heterocycles. The van der Waals surface area contributed by atoms with Crippen molar-refractivity contribution in [2.75, 3.05) is 12.4 Å². The molecule has 0 atom stereocenters. The Bertz CT molecular complexity index is 684. The Labute approximate surface area is 134 Å². The van der Waals surface area contributed by atoms with Crippen molar-refractivity contribution in [3.05, 3.63) is 59.7 Å². The van der Waals surface area contributed by atoms with Crippen LogP contribution in [-0.4, -0.2) is 19.0 Å². The number of para-hydroxylation sites is 1. The van der Waals surface area contributed by atoms with Crippen LogP contribution in [0.1, 0.15) is 11.1 Å². The Balaban J connectivity index is 1.93. The fraction of sp³-hybridized carbons (Fsp3) is 0.176. The monoisotopic (exact) mass is 313 g/mol. The standard InChI is InChI=1S/C17H19N3O3/c1-23-14-8-6-12(7-9-14)11-19-17(22)20-15-5-3-2-4-13(15)10-16(18)21/h2-9H,10-11H2,1H3,(H2,18,21)(H2,19,20,22). The lowest BCUT2D eigenvalue weighted by molar-refractivity contribution is -0.117. The molecule has 23 heavy (non-hydrogen) atoms. The van der Waals surface area contributed by atoms with E-state index >= 15 is 0 Å². The van der Waals surface area contributed by atoms with Crippen molar-refractivity contribution in [1.29, 1.82) is 0 Å². The predicted molar refractivity (Wildman–Crippen MR) is 88.2 cm³/mol. The molecular formula is C17H19N3O3. The molecule has 0 aromatic heterocycles. The third-order valence-corrected chi connectivity index (χ3v) is 3.24. The van der Waals surface area contributed by atoms with E-state index in [0.29, 0.717) is 17.8 Å². The molecule has 2 rings (SSSR count). The van der Waals surface area contributed by atoms with Gasteiger partial charge in [-0.2, -0.15) is 0 Å². The highest BCUT2D eigenvalue weighted by molar-refractivity contribution is 5.91. The Morgan fingerprint density at radius 2 is 1.78 bits per heavy atom. The van der Waals surface area contributed by atoms with Crippen LogP contribution in [0.3, 0.4) is 0 Å². The molecule has 3 amide bonds. The maximum absolute atomic E-state index is 12.0. The fourth-order valence-electron chi connectivity index (χ4n) is 2.08. The van der Waals surface area contributed by atoms with Crippen LogP contribution in [0.2, 0.25) is 0 Å². The van der Waals surface area contributed by atoms with E-state index in [4.69, 9.17) is 10.5 Å². The number of carbonyl (C=O) groups excluding carboxylic acids is 2. The van der Waals surface area contributed by atoms with Gasteiger partial charge in [0.05, 0.1) is 13.5 Å². The van der Waals surface area contributed by atoms with E-state index in [0.717, 1.165) is 11.3 Å². The topological polar surface area (TPSA) is 93.4 Å². The minimum Gasteiger partial charge on any atom is -0.497 e. The highest BCUT2D eigenvalue weighted by Gasteiger charge is 2.08. The van der Waals surface area contributed by atoms with Crippen LogP contribution in [0.4, 0.5) is 10.5 Å². The van der Waals surface area contributed by atoms with Crippen molar-refractivity contribution in [1.82, 2.24) is 5.32 Å². The van der Waals surface area contributed by atoms with Gasteiger partial charge in [0.2, 0.25) is 5.91 Å². The largest absolute Gasteiger partial charge is 0.497 e. The van der Waals surface area contributed by atoms with Crippen molar-refractivity contribution in [2.45, 2.75) is 13.0 Å². The number of methoxy groups -OCH3 is 1. The molecule has 0 aliphatic carbocycles. The van der Waals surface area contributed by atoms with Crippen LogP contribution in [0.25, 0.3) is 0 Å². The Morgan fingerprint density at radius 3 is 2.43 bits per heavy atom. The molecule has 2 aromatic rings. The van der Waals surface area contributed by atoms with Crippen LogP contribution < -0.4 is 21.1 Å². The number of amides is 3. The first-order valence-corrected chi connectivity index (χ1v) is 7.12. The Hall–Kier alpha value is -3.02. The zero-order chi connectivity index (χ0) is 16.7. The van der Waals surface area contributed by atoms with E-state index in [9.17, 15) is 9.59 Å². The normalized spacial score (nSPS) is 9.96. The zero-order valence-corrected chi connectivity index (χ0v) is 12.8. The summed E-state index contributed by atoms with van der Waals surface area (Å²) in [4.78, 5) is 23.0. The lowest BCUT2D eigenvalue weighted by atomic mass is 10.1. The summed E-state index contributed by atoms with van der Waals surface area (Å²) in [6.07, 6.45) is 0.0783. The molecule has 0 saturated carbocycles. The van der Waals surface area contributed by atoms with Gasteiger partial charge in [-0.3, -0.25) is 4.79 Å². The van der Waals surface area contributed by atoms with Crippen molar-refractivity contribution in [2.24, 2.45) is 5.73 Å². The zero-order valence-electron chi connectivity index (χ0n) is 12.8. The van der Waals surface area contributed by atoms with E-state index in [1.54, 1.807) is 31.4 Å². The summed E-state index contributed by atoms with van der Waals surface area (Å²) in [5.74, 6) is 0.316. The number of benzene rings is 2. The van der Waals surface area contributed by atoms with E-state index in [1.165, 1.54) is 0 Å². The number of anilines is 1. The van der Waals surface area contributed by atoms with E-state index < -0.39 is 5.91 Å². The lowest BCUT2D eigenvalue weighted by Crippen LogP contribution is -2.29. The molecule has 4 N–H and O–H groups in total. The van der Waals surface area contributed by atoms with Gasteiger partial charge in [-0.1, -0.05) is 30.3 Å². The van der Waals surface area contributed by atoms with Crippen molar-refractivity contribution in [3.8, 4) is 5.75 Å². The van der Waals surface area contributed by atoms with Crippen molar-refractivity contribution in [3.63, 3.8) is 0 Å². The molecule has 6 heteroatoms. The molecule has 6 nitrogen and oxygen atoms in total. The van der Waals surface area contributed by atoms with Crippen LogP contribution in [0, 0.1) is 0 Å². The van der Waals surface area contributed by atoms with Crippen LogP contribution in [0.5, 0.6) is 5.75 Å². The number of urea groups is 1. The number of ether oxygens (including phenoxy) is 1. The highest BCUT2D eigenvalue weighted by atomic mass is 16.5. The summed E-state index contributed by atoms with van der Waals surface area (Å²) >= 11 is 0. The third-order valence-electron chi connectivity index (χ3n) is 3.24. The van der Waals surface area contributed by atoms with E-state index in [2.05, 4.69) is 10.6 Å². The minimum atomic E-state index is -0.446. The number of rotatable bonds is 6. The number of hydrogen-bond acceptors (Lipinski definition) is 3. The van der Waals surface area contributed by atoms with Gasteiger partial charge in [-0.25, -0.2) is 4.79 Å². The molecule has 0 unspecified atom stereocenters. The fourth-order valence-corrected chi connectivity index (χ4v) is 2.08. The second-order valence-electron chi connectivity index (χ2n) is 4.96. The van der Waals surface area contributed by atoms with Gasteiger partial charge in [-0.15, -0.1) is 0 Å². The summed E-state index contributed by atoms with van der Waals surface area (Å²) < 4.78 is 5.08. The molecule has 0 fully saturated rings. The molecule has 0 aliphatic rings. The molecule has 0 aliphatic heterocycles. The van der Waals surface area contributed by atoms with Crippen molar-refractivity contribution >= 4 is 17.6 Å². The maximum Gasteiger partial charge on any atom is 0.319 e. The number of nitrogens with two attached hydrogens (primary N) is 1. The van der Waals surface area contributed by atoms with Crippen molar-refractivity contribution < 1.29 is 14.3 Å². The van der Waals surface area contributed by atoms with E-state index in [1.807, 2.05) is 24.3 Å². The second-order valence-corrected chi connectivity index (χ2v) is 4.96. The Morgan fingerprint density at radius 1 is 1.09 bits per heavy atom. The summed E-state index contributed by atoms with van der Waals surface area (Å²) in [6.45, 7) is 0.383. The number of carbonyl (C=O) groups is 2. The molecule has 2 aromatic carbocycles. The van der Waals surface area contributed by atoms with Gasteiger partial charge in [0.25, 0.3) is 0 Å². The van der Waals surface area contributed by atoms with Crippen LogP contribution in [0.15, 0.2) is 48.5 Å². The minimum absolute atomic E-state index is 0.0783. The van der Waals surface area contributed by atoms with Crippen LogP contribution >= 0.6 is 0 Å². The highest BCUT2D eigenvalue weighted by Crippen LogP contribution is 2.15. The van der Waals surface area contributed by atoms with Gasteiger partial charge in [0, 0.05) is 12.2 Å².